The Bertz CT molecular complexity index is 604. The van der Waals surface area contributed by atoms with E-state index in [4.69, 9.17) is 5.73 Å². The first-order valence-electron chi connectivity index (χ1n) is 5.52. The maximum atomic E-state index is 10.8. The molecule has 6 heteroatoms. The second-order valence-corrected chi connectivity index (χ2v) is 4.19. The van der Waals surface area contributed by atoms with Crippen LogP contribution in [0.3, 0.4) is 0 Å². The molecule has 0 amide bonds. The predicted molar refractivity (Wildman–Crippen MR) is 68.3 cm³/mol. The zero-order valence-electron chi connectivity index (χ0n) is 10.3. The molecule has 0 aliphatic carbocycles. The molecule has 6 nitrogen and oxygen atoms in total. The Morgan fingerprint density at radius 3 is 2.72 bits per heavy atom. The molecule has 0 fully saturated rings. The Morgan fingerprint density at radius 1 is 1.44 bits per heavy atom. The van der Waals surface area contributed by atoms with E-state index >= 15 is 0 Å². The number of hydrogen-bond donors (Lipinski definition) is 1. The first-order chi connectivity index (χ1) is 8.49. The molecule has 0 bridgehead atoms. The minimum Gasteiger partial charge on any atom is -0.393 e. The number of benzene rings is 1. The van der Waals surface area contributed by atoms with E-state index in [0.717, 1.165) is 11.4 Å². The van der Waals surface area contributed by atoms with Crippen LogP contribution in [-0.4, -0.2) is 14.7 Å². The van der Waals surface area contributed by atoms with Gasteiger partial charge in [0.2, 0.25) is 0 Å². The fourth-order valence-electron chi connectivity index (χ4n) is 1.89. The zero-order valence-corrected chi connectivity index (χ0v) is 10.3. The summed E-state index contributed by atoms with van der Waals surface area (Å²) in [5.41, 5.74) is 8.56. The lowest BCUT2D eigenvalue weighted by Gasteiger charge is -2.07. The molecule has 2 N–H and O–H groups in total. The lowest BCUT2D eigenvalue weighted by molar-refractivity contribution is -0.383. The second-order valence-electron chi connectivity index (χ2n) is 4.19. The van der Waals surface area contributed by atoms with Crippen molar-refractivity contribution in [1.82, 2.24) is 9.78 Å². The van der Waals surface area contributed by atoms with Crippen LogP contribution in [0.2, 0.25) is 0 Å². The van der Waals surface area contributed by atoms with Crippen LogP contribution in [0.25, 0.3) is 0 Å². The molecule has 2 rings (SSSR count). The topological polar surface area (TPSA) is 87.0 Å². The van der Waals surface area contributed by atoms with E-state index in [9.17, 15) is 10.1 Å². The molecule has 0 spiro atoms. The lowest BCUT2D eigenvalue weighted by Crippen LogP contribution is -2.07. The van der Waals surface area contributed by atoms with Crippen LogP contribution in [0.4, 0.5) is 11.4 Å². The van der Waals surface area contributed by atoms with Crippen molar-refractivity contribution in [3.05, 3.63) is 51.3 Å². The van der Waals surface area contributed by atoms with E-state index in [1.54, 1.807) is 16.8 Å². The smallest absolute Gasteiger partial charge is 0.292 e. The zero-order chi connectivity index (χ0) is 13.3. The van der Waals surface area contributed by atoms with Gasteiger partial charge in [-0.25, -0.2) is 0 Å². The highest BCUT2D eigenvalue weighted by molar-refractivity contribution is 5.63. The predicted octanol–water partition coefficient (Wildman–Crippen LogP) is 2.04. The monoisotopic (exact) mass is 246 g/mol. The first kappa shape index (κ1) is 12.1. The molecule has 0 aliphatic rings. The van der Waals surface area contributed by atoms with Gasteiger partial charge in [-0.05, 0) is 19.9 Å². The van der Waals surface area contributed by atoms with Gasteiger partial charge >= 0.3 is 0 Å². The number of nitro benzene ring substituents is 1. The third kappa shape index (κ3) is 2.17. The van der Waals surface area contributed by atoms with Gasteiger partial charge in [0.05, 0.1) is 17.2 Å². The van der Waals surface area contributed by atoms with Crippen molar-refractivity contribution < 1.29 is 4.92 Å². The number of para-hydroxylation sites is 1. The summed E-state index contributed by atoms with van der Waals surface area (Å²) in [5, 5.41) is 15.1. The summed E-state index contributed by atoms with van der Waals surface area (Å²) >= 11 is 0. The molecule has 2 aromatic rings. The van der Waals surface area contributed by atoms with Gasteiger partial charge in [0.15, 0.2) is 0 Å². The standard InChI is InChI=1S/C12H14N4O2/c1-8-6-9(2)15(14-8)7-10-4-3-5-11(12(10)13)16(17)18/h3-6H,7,13H2,1-2H3. The van der Waals surface area contributed by atoms with Gasteiger partial charge in [-0.3, -0.25) is 14.8 Å². The maximum Gasteiger partial charge on any atom is 0.292 e. The average molecular weight is 246 g/mol. The highest BCUT2D eigenvalue weighted by atomic mass is 16.6. The second kappa shape index (κ2) is 4.48. The van der Waals surface area contributed by atoms with Gasteiger partial charge < -0.3 is 5.73 Å². The Balaban J connectivity index is 2.38. The van der Waals surface area contributed by atoms with Gasteiger partial charge in [-0.15, -0.1) is 0 Å². The summed E-state index contributed by atoms with van der Waals surface area (Å²) in [6, 6.07) is 6.77. The number of nitrogens with zero attached hydrogens (tertiary/aromatic N) is 3. The van der Waals surface area contributed by atoms with Crippen molar-refractivity contribution in [1.29, 1.82) is 0 Å². The van der Waals surface area contributed by atoms with Crippen LogP contribution in [0.1, 0.15) is 17.0 Å². The number of anilines is 1. The fraction of sp³-hybridized carbons (Fsp3) is 0.250. The van der Waals surface area contributed by atoms with Gasteiger partial charge in [0.1, 0.15) is 5.69 Å². The van der Waals surface area contributed by atoms with Gasteiger partial charge in [0.25, 0.3) is 5.69 Å². The molecule has 1 heterocycles. The molecule has 0 radical (unpaired) electrons. The molecule has 0 saturated carbocycles. The number of rotatable bonds is 3. The van der Waals surface area contributed by atoms with Crippen LogP contribution < -0.4 is 5.73 Å². The third-order valence-corrected chi connectivity index (χ3v) is 2.79. The van der Waals surface area contributed by atoms with E-state index < -0.39 is 4.92 Å². The summed E-state index contributed by atoms with van der Waals surface area (Å²) in [5.74, 6) is 0. The Kier molecular flexibility index (Phi) is 3.01. The highest BCUT2D eigenvalue weighted by Gasteiger charge is 2.15. The van der Waals surface area contributed by atoms with Crippen LogP contribution in [0.5, 0.6) is 0 Å². The van der Waals surface area contributed by atoms with Crippen molar-refractivity contribution in [2.45, 2.75) is 20.4 Å². The van der Waals surface area contributed by atoms with Crippen molar-refractivity contribution in [2.24, 2.45) is 0 Å². The Morgan fingerprint density at radius 2 is 2.17 bits per heavy atom. The maximum absolute atomic E-state index is 10.8. The molecular formula is C12H14N4O2. The van der Waals surface area contributed by atoms with Crippen LogP contribution in [0, 0.1) is 24.0 Å². The number of aromatic nitrogens is 2. The molecule has 0 saturated heterocycles. The summed E-state index contributed by atoms with van der Waals surface area (Å²) in [7, 11) is 0. The molecule has 0 aliphatic heterocycles. The van der Waals surface area contributed by atoms with Crippen LogP contribution >= 0.6 is 0 Å². The van der Waals surface area contributed by atoms with E-state index in [1.165, 1.54) is 6.07 Å². The van der Waals surface area contributed by atoms with Gasteiger partial charge in [-0.1, -0.05) is 12.1 Å². The normalized spacial score (nSPS) is 10.6. The number of nitrogens with two attached hydrogens (primary N) is 1. The molecule has 0 unspecified atom stereocenters. The highest BCUT2D eigenvalue weighted by Crippen LogP contribution is 2.25. The lowest BCUT2D eigenvalue weighted by atomic mass is 10.1. The van der Waals surface area contributed by atoms with Crippen molar-refractivity contribution >= 4 is 11.4 Å². The summed E-state index contributed by atoms with van der Waals surface area (Å²) < 4.78 is 1.78. The molecular weight excluding hydrogens is 232 g/mol. The van der Waals surface area contributed by atoms with E-state index in [1.807, 2.05) is 19.9 Å². The minimum atomic E-state index is -0.472. The average Bonchev–Trinajstić information content (AvgIpc) is 2.60. The van der Waals surface area contributed by atoms with Crippen LogP contribution in [0.15, 0.2) is 24.3 Å². The molecule has 18 heavy (non-hydrogen) atoms. The Labute approximate surface area is 104 Å². The number of hydrogen-bond acceptors (Lipinski definition) is 4. The van der Waals surface area contributed by atoms with Crippen LogP contribution in [-0.2, 0) is 6.54 Å². The summed E-state index contributed by atoms with van der Waals surface area (Å²) in [6.45, 7) is 4.28. The van der Waals surface area contributed by atoms with E-state index in [2.05, 4.69) is 5.10 Å². The molecule has 1 aromatic carbocycles. The number of nitro groups is 1. The molecule has 0 atom stereocenters. The van der Waals surface area contributed by atoms with Crippen molar-refractivity contribution in [3.63, 3.8) is 0 Å². The SMILES string of the molecule is Cc1cc(C)n(Cc2cccc([N+](=O)[O-])c2N)n1. The first-order valence-corrected chi connectivity index (χ1v) is 5.52. The third-order valence-electron chi connectivity index (χ3n) is 2.79. The van der Waals surface area contributed by atoms with E-state index in [-0.39, 0.29) is 11.4 Å². The fourth-order valence-corrected chi connectivity index (χ4v) is 1.89. The van der Waals surface area contributed by atoms with Crippen molar-refractivity contribution in [2.75, 3.05) is 5.73 Å². The van der Waals surface area contributed by atoms with Gasteiger partial charge in [0, 0.05) is 17.3 Å². The quantitative estimate of drug-likeness (QED) is 0.510. The molecule has 94 valence electrons. The van der Waals surface area contributed by atoms with Gasteiger partial charge in [-0.2, -0.15) is 5.10 Å². The largest absolute Gasteiger partial charge is 0.393 e. The summed E-state index contributed by atoms with van der Waals surface area (Å²) in [6.07, 6.45) is 0. The number of nitrogen functional groups attached to an aromatic ring is 1. The molecule has 1 aromatic heterocycles. The Hall–Kier alpha value is -2.37. The minimum absolute atomic E-state index is 0.0611. The number of aryl methyl sites for hydroxylation is 2. The summed E-state index contributed by atoms with van der Waals surface area (Å²) in [4.78, 5) is 10.3. The van der Waals surface area contributed by atoms with Crippen molar-refractivity contribution in [3.8, 4) is 0 Å². The van der Waals surface area contributed by atoms with E-state index in [0.29, 0.717) is 12.1 Å².